The topological polar surface area (TPSA) is 51.2 Å². The number of benzene rings is 2. The molecule has 3 aromatic rings. The fourth-order valence-corrected chi connectivity index (χ4v) is 3.19. The smallest absolute Gasteiger partial charge is 0.266 e. The lowest BCUT2D eigenvalue weighted by Crippen LogP contribution is -2.30. The highest BCUT2D eigenvalue weighted by Gasteiger charge is 2.17. The van der Waals surface area contributed by atoms with Crippen LogP contribution in [0.3, 0.4) is 0 Å². The zero-order valence-corrected chi connectivity index (χ0v) is 14.1. The number of hydrogen-bond donors (Lipinski definition) is 1. The SMILES string of the molecule is Cc1ccc2nc(NC(=O)[C@@H](C)Oc3ccccc3C)sc2c1. The minimum absolute atomic E-state index is 0.205. The number of nitrogens with one attached hydrogen (secondary N) is 1. The molecule has 0 fully saturated rings. The summed E-state index contributed by atoms with van der Waals surface area (Å²) in [5.74, 6) is 0.513. The number of thiazole rings is 1. The fraction of sp³-hybridized carbons (Fsp3) is 0.222. The van der Waals surface area contributed by atoms with Crippen LogP contribution in [0.2, 0.25) is 0 Å². The van der Waals surface area contributed by atoms with Crippen LogP contribution >= 0.6 is 11.3 Å². The molecule has 1 atom stereocenters. The average Bonchev–Trinajstić information content (AvgIpc) is 2.90. The molecule has 0 saturated heterocycles. The van der Waals surface area contributed by atoms with Crippen LogP contribution in [0.5, 0.6) is 5.75 Å². The highest BCUT2D eigenvalue weighted by molar-refractivity contribution is 7.22. The van der Waals surface area contributed by atoms with Gasteiger partial charge < -0.3 is 4.74 Å². The van der Waals surface area contributed by atoms with Gasteiger partial charge in [-0.15, -0.1) is 0 Å². The molecule has 0 aliphatic heterocycles. The second-order valence-corrected chi connectivity index (χ2v) is 6.54. The minimum atomic E-state index is -0.593. The Labute approximate surface area is 139 Å². The van der Waals surface area contributed by atoms with Crippen molar-refractivity contribution >= 4 is 32.6 Å². The number of carbonyl (C=O) groups excluding carboxylic acids is 1. The van der Waals surface area contributed by atoms with E-state index in [1.165, 1.54) is 16.9 Å². The Morgan fingerprint density at radius 2 is 2.00 bits per heavy atom. The van der Waals surface area contributed by atoms with Crippen molar-refractivity contribution in [3.8, 4) is 5.75 Å². The molecule has 0 spiro atoms. The zero-order valence-electron chi connectivity index (χ0n) is 13.3. The monoisotopic (exact) mass is 326 g/mol. The number of aromatic nitrogens is 1. The summed E-state index contributed by atoms with van der Waals surface area (Å²) in [6, 6.07) is 13.7. The number of aryl methyl sites for hydroxylation is 2. The van der Waals surface area contributed by atoms with Crippen LogP contribution in [0.15, 0.2) is 42.5 Å². The summed E-state index contributed by atoms with van der Waals surface area (Å²) in [7, 11) is 0. The van der Waals surface area contributed by atoms with Crippen LogP contribution in [-0.4, -0.2) is 17.0 Å². The van der Waals surface area contributed by atoms with Gasteiger partial charge >= 0.3 is 0 Å². The van der Waals surface area contributed by atoms with Crippen molar-refractivity contribution in [1.82, 2.24) is 4.98 Å². The number of hydrogen-bond acceptors (Lipinski definition) is 4. The normalized spacial score (nSPS) is 12.1. The first-order valence-electron chi connectivity index (χ1n) is 7.43. The van der Waals surface area contributed by atoms with E-state index >= 15 is 0 Å². The number of para-hydroxylation sites is 1. The third kappa shape index (κ3) is 3.51. The van der Waals surface area contributed by atoms with Crippen molar-refractivity contribution in [3.63, 3.8) is 0 Å². The van der Waals surface area contributed by atoms with Crippen LogP contribution < -0.4 is 10.1 Å². The van der Waals surface area contributed by atoms with Gasteiger partial charge in [-0.1, -0.05) is 35.6 Å². The summed E-state index contributed by atoms with van der Waals surface area (Å²) in [4.78, 5) is 16.7. The molecule has 2 aromatic carbocycles. The Balaban J connectivity index is 1.71. The first kappa shape index (κ1) is 15.5. The molecule has 1 aromatic heterocycles. The number of nitrogens with zero attached hydrogens (tertiary/aromatic N) is 1. The van der Waals surface area contributed by atoms with Crippen LogP contribution in [0, 0.1) is 13.8 Å². The molecule has 0 radical (unpaired) electrons. The maximum atomic E-state index is 12.3. The number of carbonyl (C=O) groups is 1. The molecule has 0 aliphatic carbocycles. The van der Waals surface area contributed by atoms with E-state index in [9.17, 15) is 4.79 Å². The molecular weight excluding hydrogens is 308 g/mol. The molecule has 1 N–H and O–H groups in total. The Hall–Kier alpha value is -2.40. The molecule has 3 rings (SSSR count). The summed E-state index contributed by atoms with van der Waals surface area (Å²) in [6.45, 7) is 5.73. The lowest BCUT2D eigenvalue weighted by atomic mass is 10.2. The van der Waals surface area contributed by atoms with E-state index < -0.39 is 6.10 Å². The van der Waals surface area contributed by atoms with Crippen molar-refractivity contribution in [2.75, 3.05) is 5.32 Å². The van der Waals surface area contributed by atoms with Crippen LogP contribution in [0.4, 0.5) is 5.13 Å². The van der Waals surface area contributed by atoms with Gasteiger partial charge in [-0.05, 0) is 50.1 Å². The predicted octanol–water partition coefficient (Wildman–Crippen LogP) is 4.32. The molecular formula is C18H18N2O2S. The molecule has 0 bridgehead atoms. The molecule has 118 valence electrons. The lowest BCUT2D eigenvalue weighted by Gasteiger charge is -2.15. The molecule has 0 unspecified atom stereocenters. The van der Waals surface area contributed by atoms with Crippen molar-refractivity contribution in [2.45, 2.75) is 26.9 Å². The van der Waals surface area contributed by atoms with E-state index in [-0.39, 0.29) is 5.91 Å². The maximum absolute atomic E-state index is 12.3. The van der Waals surface area contributed by atoms with Gasteiger partial charge in [0.2, 0.25) is 0 Å². The van der Waals surface area contributed by atoms with Crippen molar-refractivity contribution in [1.29, 1.82) is 0 Å². The summed E-state index contributed by atoms with van der Waals surface area (Å²) in [6.07, 6.45) is -0.593. The van der Waals surface area contributed by atoms with Gasteiger partial charge in [0.25, 0.3) is 5.91 Å². The minimum Gasteiger partial charge on any atom is -0.481 e. The van der Waals surface area contributed by atoms with E-state index in [1.54, 1.807) is 6.92 Å². The van der Waals surface area contributed by atoms with Crippen LogP contribution in [0.25, 0.3) is 10.2 Å². The predicted molar refractivity (Wildman–Crippen MR) is 94.3 cm³/mol. The number of rotatable bonds is 4. The standard InChI is InChI=1S/C18H18N2O2S/c1-11-8-9-14-16(10-11)23-18(19-14)20-17(21)13(3)22-15-7-5-4-6-12(15)2/h4-10,13H,1-3H3,(H,19,20,21)/t13-/m1/s1. The molecule has 5 heteroatoms. The Bertz CT molecular complexity index is 857. The first-order valence-corrected chi connectivity index (χ1v) is 8.25. The lowest BCUT2D eigenvalue weighted by molar-refractivity contribution is -0.122. The van der Waals surface area contributed by atoms with Gasteiger partial charge in [0.15, 0.2) is 11.2 Å². The molecule has 23 heavy (non-hydrogen) atoms. The summed E-state index contributed by atoms with van der Waals surface area (Å²) in [5, 5.41) is 3.43. The van der Waals surface area contributed by atoms with Gasteiger partial charge in [-0.2, -0.15) is 0 Å². The Kier molecular flexibility index (Phi) is 4.30. The number of ether oxygens (including phenoxy) is 1. The summed E-state index contributed by atoms with van der Waals surface area (Å²) < 4.78 is 6.80. The molecule has 0 aliphatic rings. The van der Waals surface area contributed by atoms with Gasteiger partial charge in [0.05, 0.1) is 10.2 Å². The summed E-state index contributed by atoms with van der Waals surface area (Å²) >= 11 is 1.47. The molecule has 1 heterocycles. The number of anilines is 1. The van der Waals surface area contributed by atoms with E-state index in [4.69, 9.17) is 4.74 Å². The number of amides is 1. The van der Waals surface area contributed by atoms with E-state index in [0.717, 1.165) is 21.5 Å². The van der Waals surface area contributed by atoms with Gasteiger partial charge in [0.1, 0.15) is 5.75 Å². The van der Waals surface area contributed by atoms with E-state index in [1.807, 2.05) is 50.2 Å². The van der Waals surface area contributed by atoms with E-state index in [2.05, 4.69) is 16.4 Å². The van der Waals surface area contributed by atoms with Crippen molar-refractivity contribution in [2.24, 2.45) is 0 Å². The highest BCUT2D eigenvalue weighted by atomic mass is 32.1. The van der Waals surface area contributed by atoms with Crippen LogP contribution in [0.1, 0.15) is 18.1 Å². The van der Waals surface area contributed by atoms with Gasteiger partial charge in [0, 0.05) is 0 Å². The molecule has 0 saturated carbocycles. The Morgan fingerprint density at radius 3 is 2.78 bits per heavy atom. The van der Waals surface area contributed by atoms with Gasteiger partial charge in [-0.3, -0.25) is 10.1 Å². The number of fused-ring (bicyclic) bond motifs is 1. The second kappa shape index (κ2) is 6.38. The fourth-order valence-electron chi connectivity index (χ4n) is 2.22. The van der Waals surface area contributed by atoms with Crippen molar-refractivity contribution in [3.05, 3.63) is 53.6 Å². The highest BCUT2D eigenvalue weighted by Crippen LogP contribution is 2.27. The summed E-state index contributed by atoms with van der Waals surface area (Å²) in [5.41, 5.74) is 3.07. The average molecular weight is 326 g/mol. The third-order valence-electron chi connectivity index (χ3n) is 3.54. The third-order valence-corrected chi connectivity index (χ3v) is 4.47. The Morgan fingerprint density at radius 1 is 1.22 bits per heavy atom. The largest absolute Gasteiger partial charge is 0.481 e. The first-order chi connectivity index (χ1) is 11.0. The van der Waals surface area contributed by atoms with Crippen molar-refractivity contribution < 1.29 is 9.53 Å². The van der Waals surface area contributed by atoms with Crippen LogP contribution in [-0.2, 0) is 4.79 Å². The quantitative estimate of drug-likeness (QED) is 0.777. The molecule has 1 amide bonds. The second-order valence-electron chi connectivity index (χ2n) is 5.51. The zero-order chi connectivity index (χ0) is 16.4. The van der Waals surface area contributed by atoms with Gasteiger partial charge in [-0.25, -0.2) is 4.98 Å². The maximum Gasteiger partial charge on any atom is 0.266 e. The molecule has 4 nitrogen and oxygen atoms in total. The van der Waals surface area contributed by atoms with E-state index in [0.29, 0.717) is 5.13 Å².